The molecule has 1 atom stereocenters. The highest BCUT2D eigenvalue weighted by Crippen LogP contribution is 2.40. The van der Waals surface area contributed by atoms with Crippen LogP contribution in [0.4, 0.5) is 0 Å². The number of benzene rings is 4. The van der Waals surface area contributed by atoms with Crippen LogP contribution in [0.5, 0.6) is 0 Å². The molecular weight excluding hydrogens is 501 g/mol. The Hall–Kier alpha value is -3.80. The van der Waals surface area contributed by atoms with Crippen LogP contribution in [0.25, 0.3) is 43.5 Å². The molecule has 1 heterocycles. The van der Waals surface area contributed by atoms with E-state index >= 15 is 0 Å². The van der Waals surface area contributed by atoms with Crippen molar-refractivity contribution in [3.8, 4) is 0 Å². The first-order chi connectivity index (χ1) is 18.2. The van der Waals surface area contributed by atoms with E-state index in [-0.39, 0.29) is 18.7 Å². The van der Waals surface area contributed by atoms with Gasteiger partial charge in [0, 0.05) is 16.3 Å². The third-order valence-corrected chi connectivity index (χ3v) is 7.32. The Labute approximate surface area is 221 Å². The van der Waals surface area contributed by atoms with Gasteiger partial charge in [0.1, 0.15) is 11.2 Å². The van der Waals surface area contributed by atoms with Crippen molar-refractivity contribution in [2.24, 2.45) is 0 Å². The maximum Gasteiger partial charge on any atom is 0.387 e. The second-order valence-corrected chi connectivity index (χ2v) is 11.3. The van der Waals surface area contributed by atoms with Gasteiger partial charge in [-0.3, -0.25) is 14.1 Å². The molecule has 1 amide bonds. The number of nitrogens with one attached hydrogen (secondary N) is 1. The number of esters is 1. The first kappa shape index (κ1) is 25.8. The Bertz CT molecular complexity index is 1600. The molecule has 0 saturated heterocycles. The van der Waals surface area contributed by atoms with E-state index in [9.17, 15) is 9.59 Å². The third-order valence-electron chi connectivity index (χ3n) is 6.16. The van der Waals surface area contributed by atoms with Gasteiger partial charge in [0.25, 0.3) is 0 Å². The van der Waals surface area contributed by atoms with Crippen molar-refractivity contribution in [3.05, 3.63) is 72.8 Å². The summed E-state index contributed by atoms with van der Waals surface area (Å²) in [7, 11) is -0.702. The molecular formula is C30H30NO6P. The van der Waals surface area contributed by atoms with Crippen molar-refractivity contribution >= 4 is 63.6 Å². The summed E-state index contributed by atoms with van der Waals surface area (Å²) >= 11 is 0. The highest BCUT2D eigenvalue weighted by molar-refractivity contribution is 7.31. The van der Waals surface area contributed by atoms with Crippen LogP contribution in [0.15, 0.2) is 81.2 Å². The maximum absolute atomic E-state index is 12.7. The highest BCUT2D eigenvalue weighted by atomic mass is 31.1. The van der Waals surface area contributed by atoms with Crippen LogP contribution >= 0.6 is 8.24 Å². The topological polar surface area (TPSA) is 90.9 Å². The number of carbonyl (C=O) groups excluding carboxylic acids is 2. The molecule has 7 nitrogen and oxygen atoms in total. The van der Waals surface area contributed by atoms with Gasteiger partial charge in [0.2, 0.25) is 5.91 Å². The number of ether oxygens (including phenoxy) is 1. The van der Waals surface area contributed by atoms with E-state index in [4.69, 9.17) is 17.7 Å². The molecule has 8 heteroatoms. The van der Waals surface area contributed by atoms with Crippen LogP contribution < -0.4 is 9.84 Å². The fourth-order valence-electron chi connectivity index (χ4n) is 4.61. The standard InChI is InChI=1S/C30H30NO6P/c1-30(2,3)31-26(32)17-21(18-27(33)34-4)35-38-36-24-15-13-19-9-5-7-11-22(19)28(24)29-23-12-8-6-10-20(23)14-16-25(29)37-38/h5-16,21H,17-18H2,1-4H3,(H,31,32)/t21-/m1/s1. The zero-order valence-electron chi connectivity index (χ0n) is 21.8. The van der Waals surface area contributed by atoms with Crippen LogP contribution in [0.3, 0.4) is 0 Å². The Kier molecular flexibility index (Phi) is 7.15. The SMILES string of the molecule is COC(=O)C[C@@H](CC(=O)NC(C)(C)C)Op1oc2ccc3ccccc3c2c2c(ccc3ccccc32)o1. The molecule has 38 heavy (non-hydrogen) atoms. The molecule has 4 aromatic carbocycles. The molecule has 5 rings (SSSR count). The van der Waals surface area contributed by atoms with Crippen LogP contribution in [0.2, 0.25) is 0 Å². The molecule has 0 radical (unpaired) electrons. The van der Waals surface area contributed by atoms with Gasteiger partial charge in [-0.05, 0) is 54.4 Å². The summed E-state index contributed by atoms with van der Waals surface area (Å²) in [6, 6.07) is 24.1. The fourth-order valence-corrected chi connectivity index (χ4v) is 5.75. The van der Waals surface area contributed by atoms with Gasteiger partial charge in [-0.2, -0.15) is 0 Å². The molecule has 196 valence electrons. The van der Waals surface area contributed by atoms with E-state index in [1.807, 2.05) is 69.3 Å². The van der Waals surface area contributed by atoms with Gasteiger partial charge < -0.3 is 18.4 Å². The minimum Gasteiger partial charge on any atom is -0.469 e. The lowest BCUT2D eigenvalue weighted by Crippen LogP contribution is -2.42. The normalized spacial score (nSPS) is 12.6. The summed E-state index contributed by atoms with van der Waals surface area (Å²) in [4.78, 5) is 24.9. The smallest absolute Gasteiger partial charge is 0.387 e. The Morgan fingerprint density at radius 3 is 1.84 bits per heavy atom. The lowest BCUT2D eigenvalue weighted by Gasteiger charge is -2.22. The van der Waals surface area contributed by atoms with Crippen LogP contribution in [0, 0.1) is 0 Å². The molecule has 1 aromatic heterocycles. The minimum absolute atomic E-state index is 0.0485. The first-order valence-electron chi connectivity index (χ1n) is 12.5. The van der Waals surface area contributed by atoms with E-state index in [1.54, 1.807) is 0 Å². The van der Waals surface area contributed by atoms with Gasteiger partial charge in [0.15, 0.2) is 0 Å². The lowest BCUT2D eigenvalue weighted by atomic mass is 9.99. The molecule has 0 spiro atoms. The summed E-state index contributed by atoms with van der Waals surface area (Å²) in [5.74, 6) is -0.727. The molecule has 1 N–H and O–H groups in total. The van der Waals surface area contributed by atoms with E-state index in [0.29, 0.717) is 11.2 Å². The number of hydrogen-bond donors (Lipinski definition) is 1. The van der Waals surface area contributed by atoms with E-state index in [1.165, 1.54) is 7.11 Å². The summed E-state index contributed by atoms with van der Waals surface area (Å²) < 4.78 is 23.8. The minimum atomic E-state index is -2.01. The monoisotopic (exact) mass is 531 g/mol. The quantitative estimate of drug-likeness (QED) is 0.232. The Balaban J connectivity index is 1.70. The number of fused-ring (bicyclic) bond motifs is 7. The van der Waals surface area contributed by atoms with Crippen LogP contribution in [0.1, 0.15) is 33.6 Å². The maximum atomic E-state index is 12.7. The van der Waals surface area contributed by atoms with Gasteiger partial charge >= 0.3 is 14.2 Å². The summed E-state index contributed by atoms with van der Waals surface area (Å²) in [6.07, 6.45) is -0.969. The molecule has 0 aliphatic heterocycles. The van der Waals surface area contributed by atoms with Crippen molar-refractivity contribution in [2.75, 3.05) is 7.11 Å². The Morgan fingerprint density at radius 2 is 1.34 bits per heavy atom. The average Bonchev–Trinajstić information content (AvgIpc) is 3.03. The molecule has 5 aromatic rings. The second-order valence-electron chi connectivity index (χ2n) is 10.2. The van der Waals surface area contributed by atoms with E-state index in [0.717, 1.165) is 32.3 Å². The van der Waals surface area contributed by atoms with Gasteiger partial charge in [0.05, 0.1) is 26.1 Å². The number of amides is 1. The number of hydrogen-bond acceptors (Lipinski definition) is 6. The van der Waals surface area contributed by atoms with Gasteiger partial charge in [-0.25, -0.2) is 0 Å². The molecule has 0 unspecified atom stereocenters. The van der Waals surface area contributed by atoms with Crippen molar-refractivity contribution < 1.29 is 27.2 Å². The van der Waals surface area contributed by atoms with E-state index < -0.39 is 25.9 Å². The average molecular weight is 532 g/mol. The predicted octanol–water partition coefficient (Wildman–Crippen LogP) is 7.26. The summed E-state index contributed by atoms with van der Waals surface area (Å²) in [5, 5.41) is 8.95. The zero-order chi connectivity index (χ0) is 26.9. The third kappa shape index (κ3) is 5.54. The fraction of sp³-hybridized carbons (Fsp3) is 0.267. The lowest BCUT2D eigenvalue weighted by molar-refractivity contribution is -0.142. The van der Waals surface area contributed by atoms with Crippen LogP contribution in [-0.2, 0) is 14.3 Å². The van der Waals surface area contributed by atoms with Gasteiger partial charge in [-0.15, -0.1) is 0 Å². The number of rotatable bonds is 6. The zero-order valence-corrected chi connectivity index (χ0v) is 22.7. The van der Waals surface area contributed by atoms with Crippen molar-refractivity contribution in [1.82, 2.24) is 5.32 Å². The second kappa shape index (κ2) is 10.5. The summed E-state index contributed by atoms with van der Waals surface area (Å²) in [6.45, 7) is 5.68. The molecule has 0 aliphatic carbocycles. The molecule has 0 bridgehead atoms. The number of methoxy groups -OCH3 is 1. The molecule has 0 aliphatic rings. The first-order valence-corrected chi connectivity index (χ1v) is 13.6. The van der Waals surface area contributed by atoms with Crippen molar-refractivity contribution in [3.63, 3.8) is 0 Å². The molecule has 0 fully saturated rings. The van der Waals surface area contributed by atoms with Gasteiger partial charge in [-0.1, -0.05) is 60.7 Å². The predicted molar refractivity (Wildman–Crippen MR) is 151 cm³/mol. The largest absolute Gasteiger partial charge is 0.469 e. The molecule has 0 saturated carbocycles. The Morgan fingerprint density at radius 1 is 0.816 bits per heavy atom. The van der Waals surface area contributed by atoms with E-state index in [2.05, 4.69) is 29.6 Å². The van der Waals surface area contributed by atoms with Crippen LogP contribution in [-0.4, -0.2) is 30.6 Å². The van der Waals surface area contributed by atoms with Crippen molar-refractivity contribution in [2.45, 2.75) is 45.3 Å². The summed E-state index contributed by atoms with van der Waals surface area (Å²) in [5.41, 5.74) is 0.801. The highest BCUT2D eigenvalue weighted by Gasteiger charge is 2.25. The van der Waals surface area contributed by atoms with Crippen molar-refractivity contribution in [1.29, 1.82) is 0 Å². The number of carbonyl (C=O) groups is 2.